The highest BCUT2D eigenvalue weighted by molar-refractivity contribution is 5.04. The number of furan rings is 1. The SMILES string of the molecule is OC(CNn1cccc1)c1ccco1. The lowest BCUT2D eigenvalue weighted by Gasteiger charge is -2.11. The molecule has 0 aliphatic carbocycles. The van der Waals surface area contributed by atoms with Gasteiger partial charge in [-0.05, 0) is 24.3 Å². The second-order valence-electron chi connectivity index (χ2n) is 2.98. The van der Waals surface area contributed by atoms with Crippen molar-refractivity contribution in [2.24, 2.45) is 0 Å². The van der Waals surface area contributed by atoms with Crippen LogP contribution in [0.4, 0.5) is 0 Å². The van der Waals surface area contributed by atoms with Gasteiger partial charge in [0.1, 0.15) is 11.9 Å². The van der Waals surface area contributed by atoms with Crippen LogP contribution in [0.5, 0.6) is 0 Å². The Morgan fingerprint density at radius 1 is 1.36 bits per heavy atom. The first-order chi connectivity index (χ1) is 6.86. The lowest BCUT2D eigenvalue weighted by atomic mass is 10.3. The third-order valence-corrected chi connectivity index (χ3v) is 1.94. The molecule has 1 unspecified atom stereocenters. The quantitative estimate of drug-likeness (QED) is 0.769. The summed E-state index contributed by atoms with van der Waals surface area (Å²) < 4.78 is 6.85. The lowest BCUT2D eigenvalue weighted by molar-refractivity contribution is 0.159. The maximum absolute atomic E-state index is 9.64. The van der Waals surface area contributed by atoms with Gasteiger partial charge in [-0.2, -0.15) is 0 Å². The number of nitrogens with zero attached hydrogens (tertiary/aromatic N) is 1. The molecule has 0 aliphatic heterocycles. The molecule has 4 nitrogen and oxygen atoms in total. The van der Waals surface area contributed by atoms with E-state index in [9.17, 15) is 5.11 Å². The van der Waals surface area contributed by atoms with Crippen LogP contribution >= 0.6 is 0 Å². The molecule has 74 valence electrons. The average molecular weight is 192 g/mol. The van der Waals surface area contributed by atoms with E-state index in [4.69, 9.17) is 4.42 Å². The monoisotopic (exact) mass is 192 g/mol. The standard InChI is InChI=1S/C10H12N2O2/c13-9(10-4-3-7-14-10)8-11-12-5-1-2-6-12/h1-7,9,11,13H,8H2. The van der Waals surface area contributed by atoms with Crippen molar-refractivity contribution in [3.05, 3.63) is 48.7 Å². The van der Waals surface area contributed by atoms with E-state index in [0.717, 1.165) is 0 Å². The second-order valence-corrected chi connectivity index (χ2v) is 2.98. The summed E-state index contributed by atoms with van der Waals surface area (Å²) in [7, 11) is 0. The summed E-state index contributed by atoms with van der Waals surface area (Å²) in [6.45, 7) is 0.419. The summed E-state index contributed by atoms with van der Waals surface area (Å²) in [4.78, 5) is 0. The van der Waals surface area contributed by atoms with Gasteiger partial charge in [0.2, 0.25) is 0 Å². The number of nitrogens with one attached hydrogen (secondary N) is 1. The fourth-order valence-electron chi connectivity index (χ4n) is 1.21. The number of aliphatic hydroxyl groups excluding tert-OH is 1. The van der Waals surface area contributed by atoms with Gasteiger partial charge in [0, 0.05) is 12.4 Å². The molecule has 2 N–H and O–H groups in total. The zero-order chi connectivity index (χ0) is 9.80. The van der Waals surface area contributed by atoms with Crippen LogP contribution < -0.4 is 5.43 Å². The number of hydrogen-bond acceptors (Lipinski definition) is 3. The van der Waals surface area contributed by atoms with Crippen LogP contribution in [0.1, 0.15) is 11.9 Å². The average Bonchev–Trinajstić information content (AvgIpc) is 2.87. The Labute approximate surface area is 81.7 Å². The van der Waals surface area contributed by atoms with Gasteiger partial charge in [0.15, 0.2) is 0 Å². The van der Waals surface area contributed by atoms with Crippen LogP contribution in [0, 0.1) is 0 Å². The van der Waals surface area contributed by atoms with Crippen LogP contribution in [-0.4, -0.2) is 16.3 Å². The first kappa shape index (κ1) is 8.90. The Hall–Kier alpha value is -1.68. The zero-order valence-corrected chi connectivity index (χ0v) is 7.63. The topological polar surface area (TPSA) is 50.3 Å². The van der Waals surface area contributed by atoms with Crippen molar-refractivity contribution in [1.29, 1.82) is 0 Å². The highest BCUT2D eigenvalue weighted by Crippen LogP contribution is 2.11. The molecule has 0 saturated heterocycles. The van der Waals surface area contributed by atoms with Crippen LogP contribution in [0.2, 0.25) is 0 Å². The van der Waals surface area contributed by atoms with E-state index >= 15 is 0 Å². The summed E-state index contributed by atoms with van der Waals surface area (Å²) >= 11 is 0. The molecule has 0 fully saturated rings. The highest BCUT2D eigenvalue weighted by atomic mass is 16.4. The molecule has 0 aliphatic rings. The first-order valence-corrected chi connectivity index (χ1v) is 4.44. The molecule has 0 saturated carbocycles. The molecule has 4 heteroatoms. The van der Waals surface area contributed by atoms with Crippen molar-refractivity contribution >= 4 is 0 Å². The van der Waals surface area contributed by atoms with Crippen molar-refractivity contribution in [3.8, 4) is 0 Å². The van der Waals surface area contributed by atoms with E-state index in [1.807, 2.05) is 24.5 Å². The smallest absolute Gasteiger partial charge is 0.134 e. The minimum absolute atomic E-state index is 0.419. The maximum Gasteiger partial charge on any atom is 0.134 e. The van der Waals surface area contributed by atoms with E-state index in [-0.39, 0.29) is 0 Å². The third-order valence-electron chi connectivity index (χ3n) is 1.94. The number of aromatic nitrogens is 1. The lowest BCUT2D eigenvalue weighted by Crippen LogP contribution is -2.19. The summed E-state index contributed by atoms with van der Waals surface area (Å²) in [5.41, 5.74) is 3.02. The van der Waals surface area contributed by atoms with E-state index in [0.29, 0.717) is 12.3 Å². The van der Waals surface area contributed by atoms with Crippen molar-refractivity contribution in [2.75, 3.05) is 12.0 Å². The molecule has 2 aromatic heterocycles. The maximum atomic E-state index is 9.64. The predicted octanol–water partition coefficient (Wildman–Crippen LogP) is 1.36. The van der Waals surface area contributed by atoms with Gasteiger partial charge in [0.25, 0.3) is 0 Å². The van der Waals surface area contributed by atoms with E-state index < -0.39 is 6.10 Å². The van der Waals surface area contributed by atoms with E-state index in [1.165, 1.54) is 0 Å². The van der Waals surface area contributed by atoms with Gasteiger partial charge in [-0.15, -0.1) is 0 Å². The molecular weight excluding hydrogens is 180 g/mol. The van der Waals surface area contributed by atoms with Gasteiger partial charge >= 0.3 is 0 Å². The van der Waals surface area contributed by atoms with Crippen molar-refractivity contribution in [2.45, 2.75) is 6.10 Å². The third kappa shape index (κ3) is 1.97. The highest BCUT2D eigenvalue weighted by Gasteiger charge is 2.08. The fraction of sp³-hybridized carbons (Fsp3) is 0.200. The summed E-state index contributed by atoms with van der Waals surface area (Å²) in [6, 6.07) is 7.33. The Balaban J connectivity index is 1.87. The molecule has 2 heterocycles. The molecule has 0 bridgehead atoms. The molecule has 0 amide bonds. The molecule has 0 radical (unpaired) electrons. The van der Waals surface area contributed by atoms with Gasteiger partial charge in [-0.1, -0.05) is 0 Å². The summed E-state index contributed by atoms with van der Waals surface area (Å²) in [5.74, 6) is 0.574. The minimum Gasteiger partial charge on any atom is -0.467 e. The minimum atomic E-state index is -0.618. The van der Waals surface area contributed by atoms with Gasteiger partial charge < -0.3 is 14.9 Å². The summed E-state index contributed by atoms with van der Waals surface area (Å²) in [5, 5.41) is 9.64. The second kappa shape index (κ2) is 4.02. The number of hydrogen-bond donors (Lipinski definition) is 2. The van der Waals surface area contributed by atoms with E-state index in [1.54, 1.807) is 23.1 Å². The van der Waals surface area contributed by atoms with Crippen molar-refractivity contribution in [3.63, 3.8) is 0 Å². The first-order valence-electron chi connectivity index (χ1n) is 4.44. The van der Waals surface area contributed by atoms with Crippen LogP contribution in [0.3, 0.4) is 0 Å². The van der Waals surface area contributed by atoms with Gasteiger partial charge in [-0.3, -0.25) is 4.68 Å². The molecule has 1 atom stereocenters. The summed E-state index contributed by atoms with van der Waals surface area (Å²) in [6.07, 6.45) is 4.67. The Morgan fingerprint density at radius 3 is 2.79 bits per heavy atom. The van der Waals surface area contributed by atoms with Crippen molar-refractivity contribution in [1.82, 2.24) is 4.68 Å². The van der Waals surface area contributed by atoms with Crippen molar-refractivity contribution < 1.29 is 9.52 Å². The predicted molar refractivity (Wildman–Crippen MR) is 52.3 cm³/mol. The van der Waals surface area contributed by atoms with Crippen LogP contribution in [0.15, 0.2) is 47.3 Å². The van der Waals surface area contributed by atoms with Crippen LogP contribution in [-0.2, 0) is 0 Å². The zero-order valence-electron chi connectivity index (χ0n) is 7.63. The number of aliphatic hydroxyl groups is 1. The molecule has 14 heavy (non-hydrogen) atoms. The molecule has 2 rings (SSSR count). The Morgan fingerprint density at radius 2 is 2.14 bits per heavy atom. The molecular formula is C10H12N2O2. The fourth-order valence-corrected chi connectivity index (χ4v) is 1.21. The van der Waals surface area contributed by atoms with Crippen LogP contribution in [0.25, 0.3) is 0 Å². The number of rotatable bonds is 4. The normalized spacial score (nSPS) is 12.6. The largest absolute Gasteiger partial charge is 0.467 e. The van der Waals surface area contributed by atoms with Gasteiger partial charge in [0.05, 0.1) is 12.8 Å². The Kier molecular flexibility index (Phi) is 2.55. The molecule has 0 aromatic carbocycles. The molecule has 0 spiro atoms. The Bertz CT molecular complexity index is 353. The van der Waals surface area contributed by atoms with E-state index in [2.05, 4.69) is 5.43 Å². The molecule has 2 aromatic rings. The van der Waals surface area contributed by atoms with Gasteiger partial charge in [-0.25, -0.2) is 0 Å².